The molecular weight excluding hydrogens is 296 g/mol. The van der Waals surface area contributed by atoms with Crippen LogP contribution in [0.15, 0.2) is 53.4 Å². The second kappa shape index (κ2) is 5.85. The van der Waals surface area contributed by atoms with Crippen LogP contribution in [0.5, 0.6) is 5.75 Å². The van der Waals surface area contributed by atoms with Crippen molar-refractivity contribution in [2.24, 2.45) is 0 Å². The SMILES string of the molecule is CC(C)c1cccc(OS(=O)(=O)c2ccccc2Cl)c1. The van der Waals surface area contributed by atoms with E-state index in [0.717, 1.165) is 5.56 Å². The highest BCUT2D eigenvalue weighted by Crippen LogP contribution is 2.26. The second-order valence-electron chi connectivity index (χ2n) is 4.70. The van der Waals surface area contributed by atoms with Crippen molar-refractivity contribution in [1.82, 2.24) is 0 Å². The van der Waals surface area contributed by atoms with Gasteiger partial charge >= 0.3 is 10.1 Å². The van der Waals surface area contributed by atoms with Gasteiger partial charge in [0.15, 0.2) is 0 Å². The van der Waals surface area contributed by atoms with E-state index in [1.54, 1.807) is 30.3 Å². The lowest BCUT2D eigenvalue weighted by Gasteiger charge is -2.10. The zero-order valence-electron chi connectivity index (χ0n) is 11.2. The van der Waals surface area contributed by atoms with E-state index in [2.05, 4.69) is 0 Å². The summed E-state index contributed by atoms with van der Waals surface area (Å²) in [6, 6.07) is 13.2. The first-order valence-corrected chi connectivity index (χ1v) is 7.98. The van der Waals surface area contributed by atoms with Crippen molar-refractivity contribution in [1.29, 1.82) is 0 Å². The van der Waals surface area contributed by atoms with Crippen LogP contribution in [-0.4, -0.2) is 8.42 Å². The third-order valence-corrected chi connectivity index (χ3v) is 4.58. The molecule has 0 spiro atoms. The van der Waals surface area contributed by atoms with E-state index in [9.17, 15) is 8.42 Å². The van der Waals surface area contributed by atoms with E-state index in [1.807, 2.05) is 19.9 Å². The maximum atomic E-state index is 12.2. The monoisotopic (exact) mass is 310 g/mol. The van der Waals surface area contributed by atoms with Crippen molar-refractivity contribution in [3.8, 4) is 5.75 Å². The van der Waals surface area contributed by atoms with Crippen molar-refractivity contribution in [2.45, 2.75) is 24.7 Å². The molecule has 0 atom stereocenters. The Bertz CT molecular complexity index is 709. The first kappa shape index (κ1) is 14.9. The van der Waals surface area contributed by atoms with Crippen LogP contribution >= 0.6 is 11.6 Å². The minimum absolute atomic E-state index is 0.0309. The average molecular weight is 311 g/mol. The topological polar surface area (TPSA) is 43.4 Å². The summed E-state index contributed by atoms with van der Waals surface area (Å²) in [6.07, 6.45) is 0. The molecule has 5 heteroatoms. The van der Waals surface area contributed by atoms with Gasteiger partial charge in [-0.25, -0.2) is 0 Å². The van der Waals surface area contributed by atoms with E-state index in [-0.39, 0.29) is 15.7 Å². The van der Waals surface area contributed by atoms with Crippen LogP contribution < -0.4 is 4.18 Å². The highest BCUT2D eigenvalue weighted by atomic mass is 35.5. The molecule has 0 aromatic heterocycles. The minimum Gasteiger partial charge on any atom is -0.379 e. The van der Waals surface area contributed by atoms with E-state index < -0.39 is 10.1 Å². The molecule has 0 heterocycles. The van der Waals surface area contributed by atoms with Gasteiger partial charge in [-0.05, 0) is 35.7 Å². The predicted octanol–water partition coefficient (Wildman–Crippen LogP) is 4.23. The second-order valence-corrected chi connectivity index (χ2v) is 6.62. The molecule has 0 saturated heterocycles. The molecule has 0 aliphatic carbocycles. The van der Waals surface area contributed by atoms with Crippen molar-refractivity contribution >= 4 is 21.7 Å². The van der Waals surface area contributed by atoms with E-state index in [4.69, 9.17) is 15.8 Å². The van der Waals surface area contributed by atoms with Gasteiger partial charge in [-0.3, -0.25) is 0 Å². The van der Waals surface area contributed by atoms with Gasteiger partial charge in [0, 0.05) is 0 Å². The van der Waals surface area contributed by atoms with Crippen LogP contribution in [0.2, 0.25) is 5.02 Å². The number of hydrogen-bond donors (Lipinski definition) is 0. The average Bonchev–Trinajstić information content (AvgIpc) is 2.38. The standard InChI is InChI=1S/C15H15ClO3S/c1-11(2)12-6-5-7-13(10-12)19-20(17,18)15-9-4-3-8-14(15)16/h3-11H,1-2H3. The van der Waals surface area contributed by atoms with E-state index in [0.29, 0.717) is 5.92 Å². The molecule has 106 valence electrons. The fourth-order valence-corrected chi connectivity index (χ4v) is 3.16. The van der Waals surface area contributed by atoms with Crippen LogP contribution in [0, 0.1) is 0 Å². The molecule has 0 N–H and O–H groups in total. The van der Waals surface area contributed by atoms with Gasteiger partial charge in [-0.1, -0.05) is 49.7 Å². The van der Waals surface area contributed by atoms with Crippen molar-refractivity contribution in [3.63, 3.8) is 0 Å². The van der Waals surface area contributed by atoms with Crippen LogP contribution in [-0.2, 0) is 10.1 Å². The molecular formula is C15H15ClO3S. The summed E-state index contributed by atoms with van der Waals surface area (Å²) in [5, 5.41) is 0.146. The van der Waals surface area contributed by atoms with Gasteiger partial charge in [0.2, 0.25) is 0 Å². The summed E-state index contributed by atoms with van der Waals surface area (Å²) >= 11 is 5.90. The van der Waals surface area contributed by atoms with Crippen molar-refractivity contribution in [2.75, 3.05) is 0 Å². The molecule has 0 aliphatic heterocycles. The molecule has 0 radical (unpaired) electrons. The van der Waals surface area contributed by atoms with E-state index in [1.165, 1.54) is 12.1 Å². The maximum absolute atomic E-state index is 12.2. The van der Waals surface area contributed by atoms with Gasteiger partial charge in [-0.15, -0.1) is 0 Å². The Morgan fingerprint density at radius 1 is 1.05 bits per heavy atom. The fourth-order valence-electron chi connectivity index (χ4n) is 1.74. The molecule has 0 saturated carbocycles. The van der Waals surface area contributed by atoms with Gasteiger partial charge in [0.25, 0.3) is 0 Å². The van der Waals surface area contributed by atoms with Crippen LogP contribution in [0.25, 0.3) is 0 Å². The Balaban J connectivity index is 2.34. The molecule has 0 amide bonds. The highest BCUT2D eigenvalue weighted by molar-refractivity contribution is 7.87. The predicted molar refractivity (Wildman–Crippen MR) is 79.8 cm³/mol. The molecule has 3 nitrogen and oxygen atoms in total. The van der Waals surface area contributed by atoms with Gasteiger partial charge in [-0.2, -0.15) is 8.42 Å². The molecule has 2 aromatic carbocycles. The molecule has 0 fully saturated rings. The Kier molecular flexibility index (Phi) is 4.35. The summed E-state index contributed by atoms with van der Waals surface area (Å²) in [5.41, 5.74) is 1.01. The Hall–Kier alpha value is -1.52. The zero-order valence-corrected chi connectivity index (χ0v) is 12.8. The highest BCUT2D eigenvalue weighted by Gasteiger charge is 2.20. The Morgan fingerprint density at radius 2 is 1.75 bits per heavy atom. The summed E-state index contributed by atoms with van der Waals surface area (Å²) in [4.78, 5) is -0.0309. The van der Waals surface area contributed by atoms with Crippen LogP contribution in [0.3, 0.4) is 0 Å². The number of halogens is 1. The number of rotatable bonds is 4. The Morgan fingerprint density at radius 3 is 2.40 bits per heavy atom. The lowest BCUT2D eigenvalue weighted by Crippen LogP contribution is -2.10. The van der Waals surface area contributed by atoms with Crippen LogP contribution in [0.4, 0.5) is 0 Å². The first-order chi connectivity index (χ1) is 9.40. The largest absolute Gasteiger partial charge is 0.379 e. The summed E-state index contributed by atoms with van der Waals surface area (Å²) in [5.74, 6) is 0.581. The zero-order chi connectivity index (χ0) is 14.8. The number of benzene rings is 2. The molecule has 2 rings (SSSR count). The molecule has 0 aliphatic rings. The molecule has 0 unspecified atom stereocenters. The minimum atomic E-state index is -3.92. The van der Waals surface area contributed by atoms with Crippen LogP contribution in [0.1, 0.15) is 25.3 Å². The summed E-state index contributed by atoms with van der Waals surface area (Å²) in [7, 11) is -3.92. The smallest absolute Gasteiger partial charge is 0.340 e. The van der Waals surface area contributed by atoms with Gasteiger partial charge < -0.3 is 4.18 Å². The normalized spacial score (nSPS) is 11.6. The first-order valence-electron chi connectivity index (χ1n) is 6.19. The summed E-state index contributed by atoms with van der Waals surface area (Å²) < 4.78 is 29.5. The third kappa shape index (κ3) is 3.32. The van der Waals surface area contributed by atoms with Crippen molar-refractivity contribution in [3.05, 3.63) is 59.1 Å². The summed E-state index contributed by atoms with van der Waals surface area (Å²) in [6.45, 7) is 4.06. The molecule has 2 aromatic rings. The maximum Gasteiger partial charge on any atom is 0.340 e. The van der Waals surface area contributed by atoms with E-state index >= 15 is 0 Å². The lowest BCUT2D eigenvalue weighted by molar-refractivity contribution is 0.485. The van der Waals surface area contributed by atoms with Crippen molar-refractivity contribution < 1.29 is 12.6 Å². The quantitative estimate of drug-likeness (QED) is 0.794. The van der Waals surface area contributed by atoms with Gasteiger partial charge in [0.1, 0.15) is 10.6 Å². The number of hydrogen-bond acceptors (Lipinski definition) is 3. The lowest BCUT2D eigenvalue weighted by atomic mass is 10.0. The Labute approximate surface area is 124 Å². The molecule has 20 heavy (non-hydrogen) atoms. The third-order valence-electron chi connectivity index (χ3n) is 2.84. The molecule has 0 bridgehead atoms. The van der Waals surface area contributed by atoms with Gasteiger partial charge in [0.05, 0.1) is 5.02 Å². The fraction of sp³-hybridized carbons (Fsp3) is 0.200.